The highest BCUT2D eigenvalue weighted by Gasteiger charge is 2.27. The van der Waals surface area contributed by atoms with Crippen molar-refractivity contribution in [1.82, 2.24) is 5.32 Å². The highest BCUT2D eigenvalue weighted by atomic mass is 32.2. The smallest absolute Gasteiger partial charge is 0.269 e. The molecule has 1 atom stereocenters. The number of nitrogens with one attached hydrogen (secondary N) is 1. The molecule has 0 spiro atoms. The zero-order valence-corrected chi connectivity index (χ0v) is 13.9. The Labute approximate surface area is 138 Å². The predicted molar refractivity (Wildman–Crippen MR) is 90.3 cm³/mol. The van der Waals surface area contributed by atoms with Crippen LogP contribution in [0.1, 0.15) is 11.3 Å². The lowest BCUT2D eigenvalue weighted by atomic mass is 10.2. The number of hydrogen-bond acceptors (Lipinski definition) is 6. The summed E-state index contributed by atoms with van der Waals surface area (Å²) in [5, 5.41) is 14.0. The molecule has 1 fully saturated rings. The summed E-state index contributed by atoms with van der Waals surface area (Å²) in [5.41, 5.74) is 1.02. The second-order valence-corrected chi connectivity index (χ2v) is 8.95. The molecule has 0 bridgehead atoms. The Morgan fingerprint density at radius 3 is 2.57 bits per heavy atom. The van der Waals surface area contributed by atoms with Gasteiger partial charge < -0.3 is 5.32 Å². The lowest BCUT2D eigenvalue weighted by Crippen LogP contribution is -2.29. The number of nitro benzene ring substituents is 1. The van der Waals surface area contributed by atoms with Gasteiger partial charge in [-0.1, -0.05) is 0 Å². The molecule has 0 radical (unpaired) electrons. The summed E-state index contributed by atoms with van der Waals surface area (Å²) in [5.74, 6) is 0.483. The van der Waals surface area contributed by atoms with Crippen LogP contribution >= 0.6 is 11.3 Å². The van der Waals surface area contributed by atoms with Gasteiger partial charge in [0.05, 0.1) is 16.4 Å². The molecular formula is C15H16N2O4S2. The van der Waals surface area contributed by atoms with Crippen LogP contribution in [-0.4, -0.2) is 30.9 Å². The molecule has 1 aromatic carbocycles. The van der Waals surface area contributed by atoms with Crippen molar-refractivity contribution < 1.29 is 13.3 Å². The molecule has 1 aliphatic heterocycles. The van der Waals surface area contributed by atoms with Crippen molar-refractivity contribution >= 4 is 26.9 Å². The van der Waals surface area contributed by atoms with E-state index in [2.05, 4.69) is 5.32 Å². The van der Waals surface area contributed by atoms with Crippen molar-refractivity contribution in [3.8, 4) is 10.4 Å². The van der Waals surface area contributed by atoms with Gasteiger partial charge in [0.2, 0.25) is 0 Å². The molecule has 1 N–H and O–H groups in total. The Morgan fingerprint density at radius 2 is 1.96 bits per heavy atom. The van der Waals surface area contributed by atoms with E-state index >= 15 is 0 Å². The molecule has 122 valence electrons. The number of non-ortho nitro benzene ring substituents is 1. The van der Waals surface area contributed by atoms with Crippen molar-refractivity contribution in [2.75, 3.05) is 11.5 Å². The van der Waals surface area contributed by atoms with Crippen LogP contribution < -0.4 is 5.32 Å². The van der Waals surface area contributed by atoms with Crippen LogP contribution in [0.3, 0.4) is 0 Å². The maximum atomic E-state index is 11.4. The summed E-state index contributed by atoms with van der Waals surface area (Å²) in [6.07, 6.45) is 0.670. The second-order valence-electron chi connectivity index (χ2n) is 5.55. The van der Waals surface area contributed by atoms with Gasteiger partial charge >= 0.3 is 0 Å². The van der Waals surface area contributed by atoms with E-state index < -0.39 is 14.8 Å². The minimum Gasteiger partial charge on any atom is -0.308 e. The van der Waals surface area contributed by atoms with E-state index in [1.54, 1.807) is 23.5 Å². The first kappa shape index (κ1) is 16.1. The first-order valence-electron chi connectivity index (χ1n) is 7.20. The Balaban J connectivity index is 1.63. The van der Waals surface area contributed by atoms with Crippen LogP contribution in [0.15, 0.2) is 36.4 Å². The lowest BCUT2D eigenvalue weighted by Gasteiger charge is -2.08. The molecule has 0 aliphatic carbocycles. The summed E-state index contributed by atoms with van der Waals surface area (Å²) in [6.45, 7) is 0.637. The van der Waals surface area contributed by atoms with Gasteiger partial charge in [-0.3, -0.25) is 10.1 Å². The van der Waals surface area contributed by atoms with Crippen molar-refractivity contribution in [1.29, 1.82) is 0 Å². The molecule has 0 saturated carbocycles. The summed E-state index contributed by atoms with van der Waals surface area (Å²) >= 11 is 1.60. The third-order valence-corrected chi connectivity index (χ3v) is 6.72. The van der Waals surface area contributed by atoms with Gasteiger partial charge in [-0.25, -0.2) is 8.42 Å². The number of nitrogens with zero attached hydrogens (tertiary/aromatic N) is 1. The predicted octanol–water partition coefficient (Wildman–Crippen LogP) is 2.60. The van der Waals surface area contributed by atoms with Gasteiger partial charge in [-0.15, -0.1) is 11.3 Å². The number of benzene rings is 1. The van der Waals surface area contributed by atoms with E-state index in [9.17, 15) is 18.5 Å². The van der Waals surface area contributed by atoms with Crippen LogP contribution in [0.5, 0.6) is 0 Å². The standard InChI is InChI=1S/C15H16N2O4S2/c18-17(19)13-3-1-11(2-4-13)15-6-5-14(22-15)9-16-12-7-8-23(20,21)10-12/h1-6,12,16H,7-10H2. The second kappa shape index (κ2) is 6.38. The zero-order valence-electron chi connectivity index (χ0n) is 12.3. The average Bonchev–Trinajstić information content (AvgIpc) is 3.11. The van der Waals surface area contributed by atoms with Crippen molar-refractivity contribution in [2.24, 2.45) is 0 Å². The van der Waals surface area contributed by atoms with Crippen LogP contribution in [0.4, 0.5) is 5.69 Å². The molecule has 1 aromatic heterocycles. The molecular weight excluding hydrogens is 336 g/mol. The average molecular weight is 352 g/mol. The van der Waals surface area contributed by atoms with Gasteiger partial charge in [0.25, 0.3) is 5.69 Å². The first-order valence-corrected chi connectivity index (χ1v) is 9.84. The fourth-order valence-electron chi connectivity index (χ4n) is 2.58. The Kier molecular flexibility index (Phi) is 4.47. The summed E-state index contributed by atoms with van der Waals surface area (Å²) in [4.78, 5) is 12.4. The first-order chi connectivity index (χ1) is 10.9. The van der Waals surface area contributed by atoms with Crippen molar-refractivity contribution in [3.63, 3.8) is 0 Å². The molecule has 1 saturated heterocycles. The van der Waals surface area contributed by atoms with Crippen LogP contribution in [0, 0.1) is 10.1 Å². The normalized spacial score (nSPS) is 19.7. The summed E-state index contributed by atoms with van der Waals surface area (Å²) in [7, 11) is -2.86. The maximum Gasteiger partial charge on any atom is 0.269 e. The number of hydrogen-bond donors (Lipinski definition) is 1. The van der Waals surface area contributed by atoms with E-state index in [1.807, 2.05) is 12.1 Å². The third-order valence-electron chi connectivity index (χ3n) is 3.82. The molecule has 6 nitrogen and oxygen atoms in total. The number of rotatable bonds is 5. The Hall–Kier alpha value is -1.77. The van der Waals surface area contributed by atoms with E-state index in [0.29, 0.717) is 13.0 Å². The monoisotopic (exact) mass is 352 g/mol. The molecule has 1 unspecified atom stereocenters. The Bertz CT molecular complexity index is 812. The van der Waals surface area contributed by atoms with Crippen LogP contribution in [0.25, 0.3) is 10.4 Å². The minimum atomic E-state index is -2.86. The quantitative estimate of drug-likeness (QED) is 0.660. The molecule has 0 amide bonds. The number of sulfone groups is 1. The highest BCUT2D eigenvalue weighted by Crippen LogP contribution is 2.29. The van der Waals surface area contributed by atoms with Crippen LogP contribution in [0.2, 0.25) is 0 Å². The molecule has 2 aromatic rings. The summed E-state index contributed by atoms with van der Waals surface area (Å²) < 4.78 is 22.9. The SMILES string of the molecule is O=[N+]([O-])c1ccc(-c2ccc(CNC3CCS(=O)(=O)C3)s2)cc1. The van der Waals surface area contributed by atoms with Gasteiger partial charge in [0, 0.05) is 34.5 Å². The van der Waals surface area contributed by atoms with Crippen molar-refractivity contribution in [2.45, 2.75) is 19.0 Å². The van der Waals surface area contributed by atoms with Gasteiger partial charge in [0.15, 0.2) is 9.84 Å². The molecule has 3 rings (SSSR count). The molecule has 23 heavy (non-hydrogen) atoms. The maximum absolute atomic E-state index is 11.4. The fourth-order valence-corrected chi connectivity index (χ4v) is 5.25. The van der Waals surface area contributed by atoms with E-state index in [4.69, 9.17) is 0 Å². The van der Waals surface area contributed by atoms with Gasteiger partial charge in [-0.05, 0) is 36.2 Å². The van der Waals surface area contributed by atoms with Gasteiger partial charge in [0.1, 0.15) is 0 Å². The lowest BCUT2D eigenvalue weighted by molar-refractivity contribution is -0.384. The zero-order chi connectivity index (χ0) is 16.4. The topological polar surface area (TPSA) is 89.3 Å². The largest absolute Gasteiger partial charge is 0.308 e. The Morgan fingerprint density at radius 1 is 1.22 bits per heavy atom. The van der Waals surface area contributed by atoms with Gasteiger partial charge in [-0.2, -0.15) is 0 Å². The number of thiophene rings is 1. The molecule has 2 heterocycles. The van der Waals surface area contributed by atoms with E-state index in [-0.39, 0.29) is 23.2 Å². The van der Waals surface area contributed by atoms with Crippen molar-refractivity contribution in [3.05, 3.63) is 51.4 Å². The number of nitro groups is 1. The fraction of sp³-hybridized carbons (Fsp3) is 0.333. The molecule has 8 heteroatoms. The summed E-state index contributed by atoms with van der Waals surface area (Å²) in [6, 6.07) is 10.5. The third kappa shape index (κ3) is 3.95. The highest BCUT2D eigenvalue weighted by molar-refractivity contribution is 7.91. The minimum absolute atomic E-state index is 0.0323. The van der Waals surface area contributed by atoms with E-state index in [0.717, 1.165) is 15.3 Å². The molecule has 1 aliphatic rings. The van der Waals surface area contributed by atoms with E-state index in [1.165, 1.54) is 12.1 Å². The van der Waals surface area contributed by atoms with Crippen LogP contribution in [-0.2, 0) is 16.4 Å².